The minimum atomic E-state index is -1.14. The Hall–Kier alpha value is -1.43. The van der Waals surface area contributed by atoms with Crippen molar-refractivity contribution in [2.24, 2.45) is 0 Å². The Morgan fingerprint density at radius 1 is 1.29 bits per heavy atom. The van der Waals surface area contributed by atoms with Crippen molar-refractivity contribution >= 4 is 17.7 Å². The van der Waals surface area contributed by atoms with Crippen molar-refractivity contribution < 1.29 is 24.2 Å². The van der Waals surface area contributed by atoms with Crippen molar-refractivity contribution in [3.05, 3.63) is 0 Å². The molecule has 0 aliphatic heterocycles. The first-order chi connectivity index (χ1) is 8.01. The van der Waals surface area contributed by atoms with E-state index in [9.17, 15) is 14.4 Å². The van der Waals surface area contributed by atoms with Gasteiger partial charge in [0.05, 0.1) is 0 Å². The van der Waals surface area contributed by atoms with E-state index in [0.29, 0.717) is 13.0 Å². The van der Waals surface area contributed by atoms with Gasteiger partial charge in [0.1, 0.15) is 18.4 Å². The van der Waals surface area contributed by atoms with Crippen molar-refractivity contribution in [2.75, 3.05) is 13.2 Å². The monoisotopic (exact) mass is 245 g/mol. The number of nitrogens with one attached hydrogen (secondary N) is 1. The van der Waals surface area contributed by atoms with Crippen LogP contribution in [0.25, 0.3) is 0 Å². The third-order valence-corrected chi connectivity index (χ3v) is 2.18. The normalized spacial score (nSPS) is 11.9. The Morgan fingerprint density at radius 3 is 2.41 bits per heavy atom. The fraction of sp³-hybridized carbons (Fsp3) is 0.727. The van der Waals surface area contributed by atoms with Crippen LogP contribution in [0.5, 0.6) is 0 Å². The lowest BCUT2D eigenvalue weighted by Crippen LogP contribution is -2.42. The Kier molecular flexibility index (Phi) is 7.96. The summed E-state index contributed by atoms with van der Waals surface area (Å²) in [6, 6.07) is -1.03. The molecule has 0 aromatic rings. The maximum absolute atomic E-state index is 11.2. The highest BCUT2D eigenvalue weighted by molar-refractivity contribution is 5.85. The number of rotatable bonds is 9. The molecule has 6 heteroatoms. The van der Waals surface area contributed by atoms with Gasteiger partial charge in [0.15, 0.2) is 0 Å². The predicted molar refractivity (Wildman–Crippen MR) is 60.6 cm³/mol. The molecule has 0 aliphatic rings. The molecule has 0 aromatic carbocycles. The molecule has 0 saturated heterocycles. The molecule has 0 saturated carbocycles. The second-order valence-corrected chi connectivity index (χ2v) is 3.53. The van der Waals surface area contributed by atoms with E-state index in [2.05, 4.69) is 5.32 Å². The molecular weight excluding hydrogens is 226 g/mol. The standard InChI is InChI=1S/C11H19NO5/c1-3-8(13)5-6-9(11(15)16)12-10(14)7-17-4-2/h9H,3-7H2,1-2H3,(H,12,14)(H,15,16)/t9-/m0/s1. The third-order valence-electron chi connectivity index (χ3n) is 2.18. The molecular formula is C11H19NO5. The summed E-state index contributed by atoms with van der Waals surface area (Å²) in [4.78, 5) is 33.2. The second kappa shape index (κ2) is 8.69. The van der Waals surface area contributed by atoms with Crippen LogP contribution in [0.4, 0.5) is 0 Å². The van der Waals surface area contributed by atoms with Gasteiger partial charge in [0.25, 0.3) is 0 Å². The van der Waals surface area contributed by atoms with Crippen LogP contribution in [0.3, 0.4) is 0 Å². The van der Waals surface area contributed by atoms with E-state index in [4.69, 9.17) is 9.84 Å². The van der Waals surface area contributed by atoms with E-state index in [1.165, 1.54) is 0 Å². The van der Waals surface area contributed by atoms with Gasteiger partial charge >= 0.3 is 5.97 Å². The van der Waals surface area contributed by atoms with Crippen LogP contribution in [0.1, 0.15) is 33.1 Å². The first-order valence-corrected chi connectivity index (χ1v) is 5.62. The van der Waals surface area contributed by atoms with Gasteiger partial charge in [-0.15, -0.1) is 0 Å². The van der Waals surface area contributed by atoms with Crippen LogP contribution in [0.2, 0.25) is 0 Å². The number of carbonyl (C=O) groups excluding carboxylic acids is 2. The molecule has 0 heterocycles. The number of carbonyl (C=O) groups is 3. The van der Waals surface area contributed by atoms with Gasteiger partial charge in [-0.05, 0) is 13.3 Å². The average molecular weight is 245 g/mol. The maximum atomic E-state index is 11.2. The van der Waals surface area contributed by atoms with Gasteiger partial charge in [0.2, 0.25) is 5.91 Å². The van der Waals surface area contributed by atoms with Crippen molar-refractivity contribution in [1.29, 1.82) is 0 Å². The van der Waals surface area contributed by atoms with Crippen molar-refractivity contribution in [2.45, 2.75) is 39.2 Å². The smallest absolute Gasteiger partial charge is 0.326 e. The van der Waals surface area contributed by atoms with Crippen LogP contribution in [-0.4, -0.2) is 42.0 Å². The molecule has 17 heavy (non-hydrogen) atoms. The third kappa shape index (κ3) is 7.46. The summed E-state index contributed by atoms with van der Waals surface area (Å²) in [6.45, 7) is 3.68. The molecule has 1 amide bonds. The predicted octanol–water partition coefficient (Wildman–Crippen LogP) is 0.352. The van der Waals surface area contributed by atoms with Gasteiger partial charge in [-0.25, -0.2) is 4.79 Å². The van der Waals surface area contributed by atoms with E-state index in [1.54, 1.807) is 13.8 Å². The lowest BCUT2D eigenvalue weighted by Gasteiger charge is -2.13. The van der Waals surface area contributed by atoms with E-state index in [0.717, 1.165) is 0 Å². The minimum Gasteiger partial charge on any atom is -0.480 e. The lowest BCUT2D eigenvalue weighted by molar-refractivity contribution is -0.142. The number of ketones is 1. The van der Waals surface area contributed by atoms with Gasteiger partial charge in [-0.1, -0.05) is 6.92 Å². The van der Waals surface area contributed by atoms with Crippen LogP contribution in [0.15, 0.2) is 0 Å². The molecule has 1 atom stereocenters. The number of hydrogen-bond acceptors (Lipinski definition) is 4. The number of Topliss-reactive ketones (excluding diaryl/α,β-unsaturated/α-hetero) is 1. The minimum absolute atomic E-state index is 0.0182. The van der Waals surface area contributed by atoms with Gasteiger partial charge < -0.3 is 15.2 Å². The summed E-state index contributed by atoms with van der Waals surface area (Å²) >= 11 is 0. The van der Waals surface area contributed by atoms with Crippen molar-refractivity contribution in [1.82, 2.24) is 5.32 Å². The summed E-state index contributed by atoms with van der Waals surface area (Å²) in [7, 11) is 0. The Balaban J connectivity index is 4.10. The molecule has 0 aromatic heterocycles. The molecule has 2 N–H and O–H groups in total. The fourth-order valence-corrected chi connectivity index (χ4v) is 1.17. The van der Waals surface area contributed by atoms with Crippen LogP contribution in [-0.2, 0) is 19.1 Å². The first kappa shape index (κ1) is 15.6. The first-order valence-electron chi connectivity index (χ1n) is 5.62. The van der Waals surface area contributed by atoms with E-state index in [-0.39, 0.29) is 25.2 Å². The van der Waals surface area contributed by atoms with E-state index >= 15 is 0 Å². The zero-order valence-electron chi connectivity index (χ0n) is 10.2. The van der Waals surface area contributed by atoms with E-state index < -0.39 is 17.9 Å². The molecule has 6 nitrogen and oxygen atoms in total. The summed E-state index contributed by atoms with van der Waals surface area (Å²) in [5.41, 5.74) is 0. The molecule has 98 valence electrons. The molecule has 0 fully saturated rings. The largest absolute Gasteiger partial charge is 0.480 e. The Morgan fingerprint density at radius 2 is 1.94 bits per heavy atom. The summed E-state index contributed by atoms with van der Waals surface area (Å²) in [5, 5.41) is 11.2. The topological polar surface area (TPSA) is 92.7 Å². The molecule has 0 unspecified atom stereocenters. The SMILES string of the molecule is CCOCC(=O)N[C@@H](CCC(=O)CC)C(=O)O. The number of carboxylic acids is 1. The van der Waals surface area contributed by atoms with E-state index in [1.807, 2.05) is 0 Å². The van der Waals surface area contributed by atoms with Crippen LogP contribution >= 0.6 is 0 Å². The zero-order chi connectivity index (χ0) is 13.3. The molecule has 0 bridgehead atoms. The quantitative estimate of drug-likeness (QED) is 0.611. The highest BCUT2D eigenvalue weighted by atomic mass is 16.5. The van der Waals surface area contributed by atoms with Crippen molar-refractivity contribution in [3.63, 3.8) is 0 Å². The van der Waals surface area contributed by atoms with Gasteiger partial charge in [0, 0.05) is 19.4 Å². The average Bonchev–Trinajstić information content (AvgIpc) is 2.30. The van der Waals surface area contributed by atoms with Gasteiger partial charge in [-0.3, -0.25) is 9.59 Å². The summed E-state index contributed by atoms with van der Waals surface area (Å²) in [6.07, 6.45) is 0.640. The Labute approximate surface area is 100 Å². The Bertz CT molecular complexity index is 277. The molecule has 0 aliphatic carbocycles. The molecule has 0 rings (SSSR count). The fourth-order valence-electron chi connectivity index (χ4n) is 1.17. The summed E-state index contributed by atoms with van der Waals surface area (Å²) in [5.74, 6) is -1.64. The highest BCUT2D eigenvalue weighted by Crippen LogP contribution is 2.01. The van der Waals surface area contributed by atoms with Crippen LogP contribution < -0.4 is 5.32 Å². The highest BCUT2D eigenvalue weighted by Gasteiger charge is 2.20. The van der Waals surface area contributed by atoms with Crippen molar-refractivity contribution in [3.8, 4) is 0 Å². The number of aliphatic carboxylic acids is 1. The molecule has 0 spiro atoms. The number of carboxylic acid groups (broad SMARTS) is 1. The number of amides is 1. The lowest BCUT2D eigenvalue weighted by atomic mass is 10.1. The maximum Gasteiger partial charge on any atom is 0.326 e. The second-order valence-electron chi connectivity index (χ2n) is 3.53. The summed E-state index contributed by atoms with van der Waals surface area (Å²) < 4.78 is 4.85. The molecule has 0 radical (unpaired) electrons. The number of hydrogen-bond donors (Lipinski definition) is 2. The zero-order valence-corrected chi connectivity index (χ0v) is 10.2. The number of ether oxygens (including phenoxy) is 1. The van der Waals surface area contributed by atoms with Gasteiger partial charge in [-0.2, -0.15) is 0 Å². The van der Waals surface area contributed by atoms with Crippen LogP contribution in [0, 0.1) is 0 Å².